The average Bonchev–Trinajstić information content (AvgIpc) is 3.17. The highest BCUT2D eigenvalue weighted by molar-refractivity contribution is 6.32. The standard InChI is InChI=1S/C20H18ClN3O4/c1-23(13-16-8-5-11-28-16)19(14-6-3-2-4-7-14)20(25)22-15-9-10-17(21)18(12-15)24(26)27/h2-12,19H,13H2,1H3,(H,22,25)/p+1/t19-/m0/s1. The van der Waals surface area contributed by atoms with Crippen molar-refractivity contribution in [3.8, 4) is 0 Å². The Bertz CT molecular complexity index is 961. The number of carbonyl (C=O) groups is 1. The molecule has 1 heterocycles. The summed E-state index contributed by atoms with van der Waals surface area (Å²) in [7, 11) is 1.89. The Kier molecular flexibility index (Phi) is 6.08. The van der Waals surface area contributed by atoms with Crippen molar-refractivity contribution in [2.45, 2.75) is 12.6 Å². The summed E-state index contributed by atoms with van der Waals surface area (Å²) in [5, 5.41) is 13.9. The van der Waals surface area contributed by atoms with Crippen LogP contribution in [-0.2, 0) is 11.3 Å². The van der Waals surface area contributed by atoms with Gasteiger partial charge in [-0.05, 0) is 24.3 Å². The van der Waals surface area contributed by atoms with Crippen molar-refractivity contribution in [1.82, 2.24) is 0 Å². The van der Waals surface area contributed by atoms with E-state index in [0.29, 0.717) is 12.2 Å². The van der Waals surface area contributed by atoms with Gasteiger partial charge in [0, 0.05) is 17.3 Å². The van der Waals surface area contributed by atoms with Gasteiger partial charge in [-0.1, -0.05) is 41.9 Å². The molecule has 2 atom stereocenters. The Balaban J connectivity index is 1.86. The highest BCUT2D eigenvalue weighted by Gasteiger charge is 2.30. The topological polar surface area (TPSA) is 89.8 Å². The van der Waals surface area contributed by atoms with Crippen LogP contribution < -0.4 is 10.2 Å². The quantitative estimate of drug-likeness (QED) is 0.470. The number of nitrogens with zero attached hydrogens (tertiary/aromatic N) is 1. The summed E-state index contributed by atoms with van der Waals surface area (Å²) >= 11 is 5.85. The number of likely N-dealkylation sites (N-methyl/N-ethyl adjacent to an activating group) is 1. The summed E-state index contributed by atoms with van der Waals surface area (Å²) in [6, 6.07) is 16.7. The van der Waals surface area contributed by atoms with E-state index in [9.17, 15) is 14.9 Å². The Morgan fingerprint density at radius 2 is 1.96 bits per heavy atom. The van der Waals surface area contributed by atoms with Gasteiger partial charge >= 0.3 is 0 Å². The SMILES string of the molecule is C[NH+](Cc1ccco1)[C@H](C(=O)Nc1ccc(Cl)c([N+](=O)[O-])c1)c1ccccc1. The number of hydrogen-bond donors (Lipinski definition) is 2. The summed E-state index contributed by atoms with van der Waals surface area (Å²) in [5.74, 6) is 0.472. The van der Waals surface area contributed by atoms with E-state index in [1.54, 1.807) is 12.3 Å². The summed E-state index contributed by atoms with van der Waals surface area (Å²) in [6.45, 7) is 0.501. The van der Waals surface area contributed by atoms with Crippen LogP contribution in [0.25, 0.3) is 0 Å². The Hall–Kier alpha value is -3.16. The number of benzene rings is 2. The first-order valence-corrected chi connectivity index (χ1v) is 8.98. The van der Waals surface area contributed by atoms with Gasteiger partial charge in [0.2, 0.25) is 0 Å². The van der Waals surface area contributed by atoms with Crippen LogP contribution in [0, 0.1) is 10.1 Å². The summed E-state index contributed by atoms with van der Waals surface area (Å²) < 4.78 is 5.40. The van der Waals surface area contributed by atoms with Gasteiger partial charge in [-0.15, -0.1) is 0 Å². The number of amides is 1. The number of carbonyl (C=O) groups excluding carboxylic acids is 1. The van der Waals surface area contributed by atoms with Gasteiger partial charge in [0.25, 0.3) is 11.6 Å². The molecule has 8 heteroatoms. The van der Waals surface area contributed by atoms with E-state index in [2.05, 4.69) is 5.32 Å². The maximum absolute atomic E-state index is 13.1. The fourth-order valence-corrected chi connectivity index (χ4v) is 3.23. The number of hydrogen-bond acceptors (Lipinski definition) is 4. The molecular formula is C20H19ClN3O4+. The van der Waals surface area contributed by atoms with E-state index in [-0.39, 0.29) is 16.6 Å². The van der Waals surface area contributed by atoms with Crippen LogP contribution in [0.4, 0.5) is 11.4 Å². The van der Waals surface area contributed by atoms with E-state index in [1.165, 1.54) is 18.2 Å². The van der Waals surface area contributed by atoms with Gasteiger partial charge in [-0.2, -0.15) is 0 Å². The smallest absolute Gasteiger partial charge is 0.289 e. The second-order valence-electron chi connectivity index (χ2n) is 6.36. The average molecular weight is 401 g/mol. The van der Waals surface area contributed by atoms with E-state index < -0.39 is 11.0 Å². The van der Waals surface area contributed by atoms with Crippen LogP contribution >= 0.6 is 11.6 Å². The molecule has 0 radical (unpaired) electrons. The number of anilines is 1. The minimum absolute atomic E-state index is 0.0168. The van der Waals surface area contributed by atoms with Gasteiger partial charge in [-0.3, -0.25) is 14.9 Å². The van der Waals surface area contributed by atoms with Crippen LogP contribution in [-0.4, -0.2) is 17.9 Å². The lowest BCUT2D eigenvalue weighted by atomic mass is 10.0. The van der Waals surface area contributed by atoms with Crippen LogP contribution in [0.1, 0.15) is 17.4 Å². The van der Waals surface area contributed by atoms with Crippen molar-refractivity contribution in [3.63, 3.8) is 0 Å². The highest BCUT2D eigenvalue weighted by atomic mass is 35.5. The summed E-state index contributed by atoms with van der Waals surface area (Å²) in [6.07, 6.45) is 1.59. The molecule has 3 rings (SSSR count). The Morgan fingerprint density at radius 1 is 1.21 bits per heavy atom. The number of nitro benzene ring substituents is 1. The van der Waals surface area contributed by atoms with Gasteiger partial charge in [0.15, 0.2) is 11.8 Å². The lowest BCUT2D eigenvalue weighted by molar-refractivity contribution is -0.916. The number of furan rings is 1. The molecule has 3 aromatic rings. The molecule has 1 aromatic heterocycles. The summed E-state index contributed by atoms with van der Waals surface area (Å²) in [5.41, 5.74) is 0.882. The van der Waals surface area contributed by atoms with E-state index >= 15 is 0 Å². The molecule has 0 fully saturated rings. The fraction of sp³-hybridized carbons (Fsp3) is 0.150. The molecule has 7 nitrogen and oxygen atoms in total. The van der Waals surface area contributed by atoms with Crippen LogP contribution in [0.2, 0.25) is 5.02 Å². The van der Waals surface area contributed by atoms with Gasteiger partial charge in [0.05, 0.1) is 18.2 Å². The molecule has 28 heavy (non-hydrogen) atoms. The van der Waals surface area contributed by atoms with Crippen LogP contribution in [0.15, 0.2) is 71.3 Å². The van der Waals surface area contributed by atoms with E-state index in [4.69, 9.17) is 16.0 Å². The lowest BCUT2D eigenvalue weighted by Crippen LogP contribution is -3.09. The molecule has 1 amide bonds. The molecule has 2 aromatic carbocycles. The minimum atomic E-state index is -0.582. The molecule has 2 N–H and O–H groups in total. The minimum Gasteiger partial charge on any atom is -0.463 e. The zero-order valence-electron chi connectivity index (χ0n) is 15.1. The van der Waals surface area contributed by atoms with E-state index in [1.807, 2.05) is 43.4 Å². The number of rotatable bonds is 7. The molecule has 0 saturated heterocycles. The molecule has 0 aliphatic heterocycles. The predicted octanol–water partition coefficient (Wildman–Crippen LogP) is 3.24. The molecule has 0 saturated carbocycles. The molecule has 1 unspecified atom stereocenters. The zero-order valence-corrected chi connectivity index (χ0v) is 15.8. The predicted molar refractivity (Wildman–Crippen MR) is 105 cm³/mol. The normalized spacial score (nSPS) is 12.9. The van der Waals surface area contributed by atoms with Gasteiger partial charge in [-0.25, -0.2) is 0 Å². The molecule has 144 valence electrons. The zero-order chi connectivity index (χ0) is 20.1. The van der Waals surface area contributed by atoms with E-state index in [0.717, 1.165) is 16.2 Å². The first-order valence-electron chi connectivity index (χ1n) is 8.60. The first-order chi connectivity index (χ1) is 13.5. The number of nitro groups is 1. The molecule has 0 bridgehead atoms. The van der Waals surface area contributed by atoms with Crippen molar-refractivity contribution in [2.24, 2.45) is 0 Å². The third kappa shape index (κ3) is 4.57. The number of quaternary nitrogens is 1. The Labute approximate surface area is 166 Å². The van der Waals surface area contributed by atoms with Crippen molar-refractivity contribution in [2.75, 3.05) is 12.4 Å². The lowest BCUT2D eigenvalue weighted by Gasteiger charge is -2.24. The second kappa shape index (κ2) is 8.69. The van der Waals surface area contributed by atoms with Crippen LogP contribution in [0.3, 0.4) is 0 Å². The maximum atomic E-state index is 13.1. The highest BCUT2D eigenvalue weighted by Crippen LogP contribution is 2.27. The first kappa shape index (κ1) is 19.6. The molecule has 0 aliphatic rings. The van der Waals surface area contributed by atoms with Crippen LogP contribution in [0.5, 0.6) is 0 Å². The molecule has 0 aliphatic carbocycles. The van der Waals surface area contributed by atoms with Crippen molar-refractivity contribution in [3.05, 3.63) is 93.4 Å². The second-order valence-corrected chi connectivity index (χ2v) is 6.77. The van der Waals surface area contributed by atoms with Crippen molar-refractivity contribution in [1.29, 1.82) is 0 Å². The maximum Gasteiger partial charge on any atom is 0.289 e. The largest absolute Gasteiger partial charge is 0.463 e. The van der Waals surface area contributed by atoms with Crippen molar-refractivity contribution >= 4 is 28.9 Å². The molecule has 0 spiro atoms. The number of nitrogens with one attached hydrogen (secondary N) is 2. The van der Waals surface area contributed by atoms with Gasteiger partial charge in [0.1, 0.15) is 11.6 Å². The third-order valence-electron chi connectivity index (χ3n) is 4.33. The van der Waals surface area contributed by atoms with Crippen molar-refractivity contribution < 1.29 is 19.0 Å². The van der Waals surface area contributed by atoms with Gasteiger partial charge < -0.3 is 14.6 Å². The molecular weight excluding hydrogens is 382 g/mol. The monoisotopic (exact) mass is 400 g/mol. The number of halogens is 1. The summed E-state index contributed by atoms with van der Waals surface area (Å²) in [4.78, 5) is 24.5. The Morgan fingerprint density at radius 3 is 2.61 bits per heavy atom. The fourth-order valence-electron chi connectivity index (χ4n) is 3.04. The third-order valence-corrected chi connectivity index (χ3v) is 4.65.